The molecule has 0 atom stereocenters. The third kappa shape index (κ3) is 4.26. The molecule has 0 aromatic carbocycles. The summed E-state index contributed by atoms with van der Waals surface area (Å²) < 4.78 is 1.51. The van der Waals surface area contributed by atoms with Gasteiger partial charge in [-0.05, 0) is 44.2 Å². The van der Waals surface area contributed by atoms with Crippen molar-refractivity contribution in [3.63, 3.8) is 0 Å². The van der Waals surface area contributed by atoms with Crippen LogP contribution in [-0.2, 0) is 12.8 Å². The first kappa shape index (κ1) is 17.9. The molecule has 0 unspecified atom stereocenters. The van der Waals surface area contributed by atoms with E-state index in [2.05, 4.69) is 38.9 Å². The van der Waals surface area contributed by atoms with Gasteiger partial charge < -0.3 is 9.80 Å². The van der Waals surface area contributed by atoms with E-state index < -0.39 is 0 Å². The smallest absolute Gasteiger partial charge is 0.273 e. The van der Waals surface area contributed by atoms with Crippen molar-refractivity contribution in [1.82, 2.24) is 19.4 Å². The third-order valence-corrected chi connectivity index (χ3v) is 6.05. The normalized spacial score (nSPS) is 15.2. The summed E-state index contributed by atoms with van der Waals surface area (Å²) in [6, 6.07) is 8.23. The number of aromatic nitrogens is 3. The monoisotopic (exact) mass is 381 g/mol. The average molecular weight is 382 g/mol. The number of aryl methyl sites for hydroxylation is 2. The molecular formula is C20H23N5OS. The zero-order valence-corrected chi connectivity index (χ0v) is 16.2. The fraction of sp³-hybridized carbons (Fsp3) is 0.350. The lowest BCUT2D eigenvalue weighted by atomic mass is 10.2. The number of carbonyl (C=O) groups excluding carboxylic acids is 1. The Kier molecular flexibility index (Phi) is 5.31. The predicted octanol–water partition coefficient (Wildman–Crippen LogP) is 2.57. The van der Waals surface area contributed by atoms with Gasteiger partial charge in [0.25, 0.3) is 5.91 Å². The van der Waals surface area contributed by atoms with Crippen molar-refractivity contribution in [2.75, 3.05) is 38.1 Å². The van der Waals surface area contributed by atoms with E-state index in [0.29, 0.717) is 0 Å². The minimum absolute atomic E-state index is 0.0293. The van der Waals surface area contributed by atoms with Gasteiger partial charge in [0, 0.05) is 49.1 Å². The summed E-state index contributed by atoms with van der Waals surface area (Å²) >= 11 is 1.55. The lowest BCUT2D eigenvalue weighted by Crippen LogP contribution is -2.44. The zero-order valence-electron chi connectivity index (χ0n) is 15.4. The molecule has 7 heteroatoms. The number of thiophene rings is 1. The molecule has 140 valence electrons. The third-order valence-electron chi connectivity index (χ3n) is 4.92. The summed E-state index contributed by atoms with van der Waals surface area (Å²) in [6.45, 7) is 4.31. The number of nitrogens with zero attached hydrogens (tertiary/aromatic N) is 5. The summed E-state index contributed by atoms with van der Waals surface area (Å²) in [4.78, 5) is 27.6. The molecule has 3 aromatic rings. The van der Waals surface area contributed by atoms with Gasteiger partial charge in [-0.3, -0.25) is 14.3 Å². The van der Waals surface area contributed by atoms with E-state index in [-0.39, 0.29) is 5.91 Å². The van der Waals surface area contributed by atoms with Crippen LogP contribution in [-0.4, -0.2) is 58.6 Å². The number of hydrogen-bond acceptors (Lipinski definition) is 6. The van der Waals surface area contributed by atoms with E-state index in [1.165, 1.54) is 21.5 Å². The highest BCUT2D eigenvalue weighted by atomic mass is 32.1. The molecule has 3 aromatic heterocycles. The molecule has 4 rings (SSSR count). The molecule has 0 aliphatic carbocycles. The van der Waals surface area contributed by atoms with E-state index >= 15 is 0 Å². The van der Waals surface area contributed by atoms with Crippen molar-refractivity contribution in [1.29, 1.82) is 0 Å². The van der Waals surface area contributed by atoms with Gasteiger partial charge in [0.2, 0.25) is 0 Å². The first-order chi connectivity index (χ1) is 13.2. The van der Waals surface area contributed by atoms with Crippen molar-refractivity contribution < 1.29 is 4.79 Å². The van der Waals surface area contributed by atoms with Gasteiger partial charge in [-0.1, -0.05) is 0 Å². The first-order valence-corrected chi connectivity index (χ1v) is 10.0. The van der Waals surface area contributed by atoms with Gasteiger partial charge in [-0.15, -0.1) is 11.3 Å². The van der Waals surface area contributed by atoms with Crippen molar-refractivity contribution >= 4 is 22.9 Å². The summed E-state index contributed by atoms with van der Waals surface area (Å²) in [5.74, 6) is -0.0293. The number of carbonyl (C=O) groups is 1. The van der Waals surface area contributed by atoms with Crippen LogP contribution in [0.15, 0.2) is 49.2 Å². The standard InChI is InChI=1S/C20H23N5OS/c1-23-10-12-24(13-11-23)17-4-2-16(22-14-17)3-5-18-6-7-19(27-18)20(26)25-9-8-21-15-25/h2,4,6-9,14-15H,3,5,10-13H2,1H3. The largest absolute Gasteiger partial charge is 0.368 e. The maximum Gasteiger partial charge on any atom is 0.273 e. The number of imidazole rings is 1. The summed E-state index contributed by atoms with van der Waals surface area (Å²) in [7, 11) is 2.16. The number of anilines is 1. The average Bonchev–Trinajstić information content (AvgIpc) is 3.39. The summed E-state index contributed by atoms with van der Waals surface area (Å²) in [6.07, 6.45) is 8.58. The lowest BCUT2D eigenvalue weighted by molar-refractivity contribution is 0.0964. The molecule has 0 amide bonds. The summed E-state index contributed by atoms with van der Waals surface area (Å²) in [5.41, 5.74) is 2.29. The Morgan fingerprint density at radius 2 is 1.96 bits per heavy atom. The van der Waals surface area contributed by atoms with Crippen LogP contribution in [0.3, 0.4) is 0 Å². The Balaban J connectivity index is 1.33. The van der Waals surface area contributed by atoms with E-state index in [1.54, 1.807) is 23.7 Å². The number of pyridine rings is 1. The first-order valence-electron chi connectivity index (χ1n) is 9.19. The SMILES string of the molecule is CN1CCN(c2ccc(CCc3ccc(C(=O)n4ccnc4)s3)nc2)CC1. The molecule has 0 spiro atoms. The molecule has 1 fully saturated rings. The molecule has 4 heterocycles. The second-order valence-electron chi connectivity index (χ2n) is 6.84. The minimum Gasteiger partial charge on any atom is -0.368 e. The quantitative estimate of drug-likeness (QED) is 0.680. The second-order valence-corrected chi connectivity index (χ2v) is 8.01. The van der Waals surface area contributed by atoms with Gasteiger partial charge in [0.05, 0.1) is 16.8 Å². The number of hydrogen-bond donors (Lipinski definition) is 0. The number of piperazine rings is 1. The Labute approximate surface area is 163 Å². The van der Waals surface area contributed by atoms with Crippen molar-refractivity contribution in [3.05, 3.63) is 64.6 Å². The summed E-state index contributed by atoms with van der Waals surface area (Å²) in [5, 5.41) is 0. The highest BCUT2D eigenvalue weighted by molar-refractivity contribution is 7.14. The maximum atomic E-state index is 12.3. The maximum absolute atomic E-state index is 12.3. The molecule has 27 heavy (non-hydrogen) atoms. The zero-order chi connectivity index (χ0) is 18.6. The molecular weight excluding hydrogens is 358 g/mol. The van der Waals surface area contributed by atoms with Gasteiger partial charge in [-0.2, -0.15) is 0 Å². The van der Waals surface area contributed by atoms with Crippen LogP contribution < -0.4 is 4.90 Å². The highest BCUT2D eigenvalue weighted by Crippen LogP contribution is 2.20. The predicted molar refractivity (Wildman–Crippen MR) is 108 cm³/mol. The van der Waals surface area contributed by atoms with Crippen LogP contribution in [0, 0.1) is 0 Å². The Morgan fingerprint density at radius 1 is 1.11 bits per heavy atom. The van der Waals surface area contributed by atoms with Crippen molar-refractivity contribution in [2.24, 2.45) is 0 Å². The molecule has 0 N–H and O–H groups in total. The molecule has 0 saturated carbocycles. The number of rotatable bonds is 5. The lowest BCUT2D eigenvalue weighted by Gasteiger charge is -2.33. The fourth-order valence-corrected chi connectivity index (χ4v) is 4.15. The van der Waals surface area contributed by atoms with Gasteiger partial charge in [0.15, 0.2) is 0 Å². The topological polar surface area (TPSA) is 54.3 Å². The van der Waals surface area contributed by atoms with Crippen molar-refractivity contribution in [2.45, 2.75) is 12.8 Å². The molecule has 1 saturated heterocycles. The van der Waals surface area contributed by atoms with Crippen LogP contribution in [0.2, 0.25) is 0 Å². The van der Waals surface area contributed by atoms with Crippen molar-refractivity contribution in [3.8, 4) is 0 Å². The Morgan fingerprint density at radius 3 is 2.67 bits per heavy atom. The molecule has 1 aliphatic rings. The van der Waals surface area contributed by atoms with E-state index in [1.807, 2.05) is 18.3 Å². The highest BCUT2D eigenvalue weighted by Gasteiger charge is 2.15. The van der Waals surface area contributed by atoms with Crippen LogP contribution in [0.1, 0.15) is 20.2 Å². The van der Waals surface area contributed by atoms with Gasteiger partial charge >= 0.3 is 0 Å². The van der Waals surface area contributed by atoms with Crippen LogP contribution in [0.4, 0.5) is 5.69 Å². The fourth-order valence-electron chi connectivity index (χ4n) is 3.20. The Bertz CT molecular complexity index is 880. The van der Waals surface area contributed by atoms with E-state index in [0.717, 1.165) is 49.6 Å². The minimum atomic E-state index is -0.0293. The van der Waals surface area contributed by atoms with Gasteiger partial charge in [0.1, 0.15) is 6.33 Å². The molecule has 0 radical (unpaired) electrons. The molecule has 6 nitrogen and oxygen atoms in total. The van der Waals surface area contributed by atoms with E-state index in [4.69, 9.17) is 0 Å². The van der Waals surface area contributed by atoms with E-state index in [9.17, 15) is 4.79 Å². The second kappa shape index (κ2) is 8.02. The molecule has 0 bridgehead atoms. The van der Waals surface area contributed by atoms with Gasteiger partial charge in [-0.25, -0.2) is 4.98 Å². The van der Waals surface area contributed by atoms with Crippen LogP contribution >= 0.6 is 11.3 Å². The van der Waals surface area contributed by atoms with Crippen LogP contribution in [0.25, 0.3) is 0 Å². The number of likely N-dealkylation sites (N-methyl/N-ethyl adjacent to an activating group) is 1. The van der Waals surface area contributed by atoms with Crippen LogP contribution in [0.5, 0.6) is 0 Å². The molecule has 1 aliphatic heterocycles. The Hall–Kier alpha value is -2.51.